The standard InChI is InChI=1S/C32H44O4.C29H37NO3.C4H8O.C2H5O.Na/c1-8-36-26(34)19-28(3)11-12-29(4)13-15-31(6)24-10-9-21-20(2)27(35)23(33)17-22(21)30(24,5)14-16-32(31,7)25(29)18-28;1-18-19-7-8-22-27(4,20(19)15-21(32)24(18)33)12-14-29(6)23-16-26(3,30-17-31)11-9-25(23,2)10-13-28(22,29)5;1-2-4-5-3-1;1-2-3;/h9-10,17,25,35H,8,11-16,18-19H2,1-7H3;7-8,15,23,33H,9-14,16H2,1-6H3;1-4H2;2H2,1H3;/q;;;-1;+1/t25-,28-,29-,30+,31-,32+;23-,25-,26-,27+,28-,29+;;;/m11.../s1. The molecule has 11 aliphatic rings. The van der Waals surface area contributed by atoms with Gasteiger partial charge in [0.15, 0.2) is 11.5 Å². The number of hydrogen-bond acceptors (Lipinski definition) is 10. The summed E-state index contributed by atoms with van der Waals surface area (Å²) in [6.45, 7) is 33.6. The Labute approximate surface area is 490 Å². The summed E-state index contributed by atoms with van der Waals surface area (Å²) in [5.41, 5.74) is 8.50. The number of nitrogens with zero attached hydrogens (tertiary/aromatic N) is 1. The Hall–Kier alpha value is -3.37. The molecule has 7 fully saturated rings. The molecule has 2 N–H and O–H groups in total. The second-order valence-electron chi connectivity index (χ2n) is 28.2. The van der Waals surface area contributed by atoms with Crippen LogP contribution in [0.3, 0.4) is 0 Å². The predicted octanol–water partition coefficient (Wildman–Crippen LogP) is 11.4. The fraction of sp³-hybridized carbons (Fsp3) is 0.701. The number of isocyanates is 1. The first-order valence-corrected chi connectivity index (χ1v) is 29.6. The molecular weight excluding hydrogens is 986 g/mol. The first-order chi connectivity index (χ1) is 36.0. The number of ether oxygens (including phenoxy) is 2. The van der Waals surface area contributed by atoms with Gasteiger partial charge in [-0.3, -0.25) is 14.4 Å². The zero-order valence-electron chi connectivity index (χ0n) is 50.7. The fourth-order valence-electron chi connectivity index (χ4n) is 18.4. The van der Waals surface area contributed by atoms with Crippen LogP contribution in [0, 0.1) is 60.6 Å². The summed E-state index contributed by atoms with van der Waals surface area (Å²) in [4.78, 5) is 53.3. The SMILES string of the molecule is C1CCOC1.CC1=C(O)C(=O)C=C2C1=CC=C1[C@@]2(C)CC[C@@]2(C)[C@@H]3C[C@](C)(N=C=O)CC[C@]3(C)CC[C@]12C.CCOC(=O)C[C@]1(C)CC[C@]2(C)CC[C@]3(C)C4=CC=C5C(=CC(=O)C(O)=C5C)[C@]4(C)CC[C@@]3(C)[C@@H]2C1.CC[O-].[Na+]. The molecular formula is C67H94NNaO9. The minimum atomic E-state index is -0.320. The monoisotopic (exact) mass is 1080 g/mol. The molecule has 1 heterocycles. The van der Waals surface area contributed by atoms with Crippen molar-refractivity contribution in [3.05, 3.63) is 92.6 Å². The number of hydrogen-bond donors (Lipinski definition) is 2. The number of allylic oxidation sites excluding steroid dienone is 14. The van der Waals surface area contributed by atoms with E-state index in [0.29, 0.717) is 36.0 Å². The Balaban J connectivity index is 0.000000196. The van der Waals surface area contributed by atoms with Crippen LogP contribution in [-0.4, -0.2) is 65.8 Å². The van der Waals surface area contributed by atoms with Gasteiger partial charge >= 0.3 is 35.5 Å². The van der Waals surface area contributed by atoms with E-state index in [4.69, 9.17) is 14.6 Å². The van der Waals surface area contributed by atoms with Crippen LogP contribution >= 0.6 is 0 Å². The number of esters is 1. The average Bonchev–Trinajstić information content (AvgIpc) is 3.98. The van der Waals surface area contributed by atoms with Crippen LogP contribution in [0.25, 0.3) is 0 Å². The van der Waals surface area contributed by atoms with Crippen LogP contribution in [0.2, 0.25) is 0 Å². The largest absolute Gasteiger partial charge is 1.00 e. The van der Waals surface area contributed by atoms with Gasteiger partial charge in [0.25, 0.3) is 0 Å². The molecule has 11 rings (SSSR count). The van der Waals surface area contributed by atoms with E-state index in [1.807, 2.05) is 26.9 Å². The zero-order valence-corrected chi connectivity index (χ0v) is 52.7. The maximum atomic E-state index is 12.7. The second kappa shape index (κ2) is 22.1. The molecule has 0 aromatic rings. The van der Waals surface area contributed by atoms with Crippen molar-refractivity contribution in [2.75, 3.05) is 26.4 Å². The third kappa shape index (κ3) is 9.94. The van der Waals surface area contributed by atoms with Crippen molar-refractivity contribution >= 4 is 23.6 Å². The smallest absolute Gasteiger partial charge is 0.855 e. The fourth-order valence-corrected chi connectivity index (χ4v) is 18.4. The molecule has 0 amide bonds. The number of aliphatic hydroxyl groups is 2. The van der Waals surface area contributed by atoms with Gasteiger partial charge in [0.1, 0.15) is 0 Å². The van der Waals surface area contributed by atoms with Crippen LogP contribution in [-0.2, 0) is 28.7 Å². The van der Waals surface area contributed by atoms with E-state index in [2.05, 4.69) is 98.5 Å². The Morgan fingerprint density at radius 2 is 1.08 bits per heavy atom. The van der Waals surface area contributed by atoms with Crippen molar-refractivity contribution in [3.63, 3.8) is 0 Å². The zero-order chi connectivity index (χ0) is 56.6. The Bertz CT molecular complexity index is 2760. The topological polar surface area (TPSA) is 163 Å². The van der Waals surface area contributed by atoms with Crippen molar-refractivity contribution < 1.29 is 73.5 Å². The van der Waals surface area contributed by atoms with Gasteiger partial charge in [-0.15, -0.1) is 6.61 Å². The summed E-state index contributed by atoms with van der Waals surface area (Å²) in [5, 5.41) is 29.6. The van der Waals surface area contributed by atoms with Crippen molar-refractivity contribution in [1.29, 1.82) is 0 Å². The van der Waals surface area contributed by atoms with Gasteiger partial charge in [0.05, 0.1) is 18.6 Å². The summed E-state index contributed by atoms with van der Waals surface area (Å²) >= 11 is 0. The molecule has 10 nitrogen and oxygen atoms in total. The number of rotatable bonds is 4. The molecule has 78 heavy (non-hydrogen) atoms. The van der Waals surface area contributed by atoms with Crippen LogP contribution in [0.4, 0.5) is 0 Å². The summed E-state index contributed by atoms with van der Waals surface area (Å²) in [6.07, 6.45) is 32.4. The molecule has 0 aromatic carbocycles. The summed E-state index contributed by atoms with van der Waals surface area (Å²) in [6, 6.07) is 0. The van der Waals surface area contributed by atoms with E-state index in [1.165, 1.54) is 43.3 Å². The molecule has 0 unspecified atom stereocenters. The van der Waals surface area contributed by atoms with Gasteiger partial charge < -0.3 is 24.8 Å². The molecule has 0 radical (unpaired) electrons. The number of carbonyl (C=O) groups excluding carboxylic acids is 4. The van der Waals surface area contributed by atoms with Gasteiger partial charge in [-0.1, -0.05) is 105 Å². The van der Waals surface area contributed by atoms with Crippen LogP contribution in [0.5, 0.6) is 0 Å². The number of aliphatic imine (C=N–C) groups is 1. The van der Waals surface area contributed by atoms with Crippen LogP contribution in [0.1, 0.15) is 206 Å². The van der Waals surface area contributed by atoms with Gasteiger partial charge in [0.2, 0.25) is 17.6 Å². The van der Waals surface area contributed by atoms with Crippen molar-refractivity contribution in [3.8, 4) is 0 Å². The van der Waals surface area contributed by atoms with E-state index < -0.39 is 0 Å². The number of fused-ring (bicyclic) bond motifs is 14. The molecule has 6 saturated carbocycles. The Morgan fingerprint density at radius 1 is 0.654 bits per heavy atom. The molecule has 1 saturated heterocycles. The minimum Gasteiger partial charge on any atom is -0.855 e. The summed E-state index contributed by atoms with van der Waals surface area (Å²) in [7, 11) is 0. The first kappa shape index (κ1) is 62.2. The molecule has 10 aliphatic carbocycles. The van der Waals surface area contributed by atoms with E-state index in [0.717, 1.165) is 106 Å². The molecule has 12 atom stereocenters. The van der Waals surface area contributed by atoms with Gasteiger partial charge in [0, 0.05) is 35.2 Å². The van der Waals surface area contributed by atoms with E-state index >= 15 is 0 Å². The molecule has 0 aromatic heterocycles. The molecule has 11 heteroatoms. The van der Waals surface area contributed by atoms with Crippen molar-refractivity contribution in [2.45, 2.75) is 212 Å². The van der Waals surface area contributed by atoms with Gasteiger partial charge in [-0.2, -0.15) is 4.99 Å². The third-order valence-corrected chi connectivity index (χ3v) is 23.8. The Kier molecular flexibility index (Phi) is 17.6. The summed E-state index contributed by atoms with van der Waals surface area (Å²) < 4.78 is 10.3. The van der Waals surface area contributed by atoms with Crippen molar-refractivity contribution in [1.82, 2.24) is 0 Å². The molecule has 1 aliphatic heterocycles. The maximum Gasteiger partial charge on any atom is 1.00 e. The molecule has 422 valence electrons. The van der Waals surface area contributed by atoms with Crippen molar-refractivity contribution in [2.24, 2.45) is 65.6 Å². The number of ketones is 2. The van der Waals surface area contributed by atoms with E-state index in [1.54, 1.807) is 19.1 Å². The normalized spacial score (nSPS) is 41.7. The van der Waals surface area contributed by atoms with Crippen LogP contribution < -0.4 is 34.7 Å². The van der Waals surface area contributed by atoms with Gasteiger partial charge in [-0.05, 0) is 215 Å². The number of carbonyl (C=O) groups is 3. The predicted molar refractivity (Wildman–Crippen MR) is 302 cm³/mol. The second-order valence-corrected chi connectivity index (χ2v) is 28.2. The summed E-state index contributed by atoms with van der Waals surface area (Å²) in [5.74, 6) is 0.169. The van der Waals surface area contributed by atoms with Gasteiger partial charge in [-0.25, -0.2) is 4.79 Å². The minimum absolute atomic E-state index is 0. The van der Waals surface area contributed by atoms with Crippen LogP contribution in [0.15, 0.2) is 97.6 Å². The molecule has 0 spiro atoms. The van der Waals surface area contributed by atoms with E-state index in [-0.39, 0.29) is 119 Å². The van der Waals surface area contributed by atoms with E-state index in [9.17, 15) is 29.4 Å². The molecule has 0 bridgehead atoms. The Morgan fingerprint density at radius 3 is 1.49 bits per heavy atom. The third-order valence-electron chi connectivity index (χ3n) is 23.8. The number of aliphatic hydroxyl groups excluding tert-OH is 2. The quantitative estimate of drug-likeness (QED) is 0.121. The maximum absolute atomic E-state index is 12.7. The first-order valence-electron chi connectivity index (χ1n) is 29.6. The average molecular weight is 1080 g/mol.